The van der Waals surface area contributed by atoms with Crippen LogP contribution in [0.5, 0.6) is 0 Å². The fourth-order valence-electron chi connectivity index (χ4n) is 3.41. The van der Waals surface area contributed by atoms with Crippen molar-refractivity contribution < 1.29 is 0 Å². The molecule has 2 fully saturated rings. The summed E-state index contributed by atoms with van der Waals surface area (Å²) in [5.74, 6) is 0.272. The zero-order valence-electron chi connectivity index (χ0n) is 11.0. The van der Waals surface area contributed by atoms with E-state index in [1.807, 2.05) is 0 Å². The standard InChI is InChI=1S/C15H26N2/c16-12-13-8-6-7-11-15(13)17-14-9-4-2-1-3-5-10-14/h13-15,17H,1-11H2. The van der Waals surface area contributed by atoms with Gasteiger partial charge in [0.2, 0.25) is 0 Å². The zero-order chi connectivity index (χ0) is 11.9. The van der Waals surface area contributed by atoms with E-state index in [-0.39, 0.29) is 5.92 Å². The second-order valence-corrected chi connectivity index (χ2v) is 5.84. The molecular formula is C15H26N2. The molecule has 2 saturated carbocycles. The molecule has 2 unspecified atom stereocenters. The summed E-state index contributed by atoms with van der Waals surface area (Å²) in [6.07, 6.45) is 14.5. The first-order valence-corrected chi connectivity index (χ1v) is 7.56. The van der Waals surface area contributed by atoms with Crippen LogP contribution in [0.2, 0.25) is 0 Å². The van der Waals surface area contributed by atoms with E-state index in [1.54, 1.807) is 0 Å². The van der Waals surface area contributed by atoms with Crippen LogP contribution >= 0.6 is 0 Å². The van der Waals surface area contributed by atoms with Gasteiger partial charge in [0, 0.05) is 12.1 Å². The van der Waals surface area contributed by atoms with E-state index in [4.69, 9.17) is 0 Å². The number of rotatable bonds is 2. The molecule has 17 heavy (non-hydrogen) atoms. The summed E-state index contributed by atoms with van der Waals surface area (Å²) in [6.45, 7) is 0. The minimum Gasteiger partial charge on any atom is -0.310 e. The molecule has 2 nitrogen and oxygen atoms in total. The van der Waals surface area contributed by atoms with Gasteiger partial charge in [0.25, 0.3) is 0 Å². The zero-order valence-corrected chi connectivity index (χ0v) is 11.0. The molecule has 0 aromatic rings. The van der Waals surface area contributed by atoms with Gasteiger partial charge in [-0.05, 0) is 25.7 Å². The Labute approximate surface area is 106 Å². The van der Waals surface area contributed by atoms with Crippen molar-refractivity contribution in [1.82, 2.24) is 5.32 Å². The maximum Gasteiger partial charge on any atom is 0.0672 e. The molecule has 0 heterocycles. The fourth-order valence-corrected chi connectivity index (χ4v) is 3.41. The molecule has 0 amide bonds. The molecule has 2 heteroatoms. The molecule has 0 aromatic carbocycles. The van der Waals surface area contributed by atoms with Crippen molar-refractivity contribution in [3.63, 3.8) is 0 Å². The normalized spacial score (nSPS) is 32.4. The van der Waals surface area contributed by atoms with E-state index < -0.39 is 0 Å². The van der Waals surface area contributed by atoms with Crippen LogP contribution in [-0.2, 0) is 0 Å². The Kier molecular flexibility index (Phi) is 5.32. The van der Waals surface area contributed by atoms with Crippen molar-refractivity contribution >= 4 is 0 Å². The third kappa shape index (κ3) is 4.00. The van der Waals surface area contributed by atoms with Gasteiger partial charge >= 0.3 is 0 Å². The van der Waals surface area contributed by atoms with Crippen LogP contribution in [0.1, 0.15) is 70.6 Å². The molecule has 0 saturated heterocycles. The smallest absolute Gasteiger partial charge is 0.0672 e. The molecular weight excluding hydrogens is 208 g/mol. The van der Waals surface area contributed by atoms with Gasteiger partial charge in [0.1, 0.15) is 0 Å². The maximum absolute atomic E-state index is 9.20. The summed E-state index contributed by atoms with van der Waals surface area (Å²) in [5.41, 5.74) is 0. The molecule has 2 atom stereocenters. The maximum atomic E-state index is 9.20. The van der Waals surface area contributed by atoms with Gasteiger partial charge in [-0.3, -0.25) is 0 Å². The van der Waals surface area contributed by atoms with Crippen LogP contribution in [0.15, 0.2) is 0 Å². The quantitative estimate of drug-likeness (QED) is 0.789. The largest absolute Gasteiger partial charge is 0.310 e. The lowest BCUT2D eigenvalue weighted by atomic mass is 9.84. The highest BCUT2D eigenvalue weighted by Crippen LogP contribution is 2.26. The summed E-state index contributed by atoms with van der Waals surface area (Å²) >= 11 is 0. The topological polar surface area (TPSA) is 35.8 Å². The Balaban J connectivity index is 1.82. The Morgan fingerprint density at radius 3 is 2.06 bits per heavy atom. The van der Waals surface area contributed by atoms with Crippen molar-refractivity contribution in [2.75, 3.05) is 0 Å². The molecule has 0 aromatic heterocycles. The average Bonchev–Trinajstić information content (AvgIpc) is 2.33. The Bertz CT molecular complexity index is 248. The fraction of sp³-hybridized carbons (Fsp3) is 0.933. The molecule has 0 aliphatic heterocycles. The number of nitrogens with one attached hydrogen (secondary N) is 1. The van der Waals surface area contributed by atoms with Gasteiger partial charge in [0.15, 0.2) is 0 Å². The van der Waals surface area contributed by atoms with Gasteiger partial charge in [-0.2, -0.15) is 5.26 Å². The number of nitriles is 1. The van der Waals surface area contributed by atoms with Crippen LogP contribution < -0.4 is 5.32 Å². The van der Waals surface area contributed by atoms with Gasteiger partial charge in [-0.15, -0.1) is 0 Å². The molecule has 1 N–H and O–H groups in total. The first-order chi connectivity index (χ1) is 8.40. The van der Waals surface area contributed by atoms with Gasteiger partial charge < -0.3 is 5.32 Å². The average molecular weight is 234 g/mol. The van der Waals surface area contributed by atoms with Gasteiger partial charge in [-0.25, -0.2) is 0 Å². The predicted octanol–water partition coefficient (Wildman–Crippen LogP) is 3.77. The first-order valence-electron chi connectivity index (χ1n) is 7.56. The second kappa shape index (κ2) is 7.01. The van der Waals surface area contributed by atoms with Crippen LogP contribution in [0, 0.1) is 17.2 Å². The monoisotopic (exact) mass is 234 g/mol. The van der Waals surface area contributed by atoms with Crippen molar-refractivity contribution in [2.24, 2.45) is 5.92 Å². The highest BCUT2D eigenvalue weighted by atomic mass is 15.0. The van der Waals surface area contributed by atoms with Crippen molar-refractivity contribution in [1.29, 1.82) is 5.26 Å². The minimum absolute atomic E-state index is 0.272. The Morgan fingerprint density at radius 1 is 0.765 bits per heavy atom. The van der Waals surface area contributed by atoms with E-state index in [2.05, 4.69) is 11.4 Å². The minimum atomic E-state index is 0.272. The predicted molar refractivity (Wildman–Crippen MR) is 70.6 cm³/mol. The molecule has 0 bridgehead atoms. The molecule has 2 rings (SSSR count). The van der Waals surface area contributed by atoms with Crippen molar-refractivity contribution in [3.8, 4) is 6.07 Å². The van der Waals surface area contributed by atoms with E-state index in [9.17, 15) is 5.26 Å². The van der Waals surface area contributed by atoms with Crippen molar-refractivity contribution in [3.05, 3.63) is 0 Å². The molecule has 2 aliphatic rings. The number of nitrogens with zero attached hydrogens (tertiary/aromatic N) is 1. The molecule has 0 spiro atoms. The summed E-state index contributed by atoms with van der Waals surface area (Å²) < 4.78 is 0. The van der Waals surface area contributed by atoms with Gasteiger partial charge in [0.05, 0.1) is 12.0 Å². The summed E-state index contributed by atoms with van der Waals surface area (Å²) in [5, 5.41) is 13.0. The lowest BCUT2D eigenvalue weighted by Crippen LogP contribution is -2.44. The third-order valence-electron chi connectivity index (χ3n) is 4.49. The van der Waals surface area contributed by atoms with E-state index in [1.165, 1.54) is 64.2 Å². The second-order valence-electron chi connectivity index (χ2n) is 5.84. The van der Waals surface area contributed by atoms with Crippen LogP contribution in [0.3, 0.4) is 0 Å². The number of hydrogen-bond acceptors (Lipinski definition) is 2. The Hall–Kier alpha value is -0.550. The van der Waals surface area contributed by atoms with E-state index >= 15 is 0 Å². The highest BCUT2D eigenvalue weighted by Gasteiger charge is 2.26. The lowest BCUT2D eigenvalue weighted by molar-refractivity contribution is 0.263. The van der Waals surface area contributed by atoms with Crippen molar-refractivity contribution in [2.45, 2.75) is 82.7 Å². The van der Waals surface area contributed by atoms with Crippen LogP contribution in [0.4, 0.5) is 0 Å². The number of hydrogen-bond donors (Lipinski definition) is 1. The van der Waals surface area contributed by atoms with E-state index in [0.29, 0.717) is 12.1 Å². The first kappa shape index (κ1) is 12.9. The molecule has 96 valence electrons. The third-order valence-corrected chi connectivity index (χ3v) is 4.49. The lowest BCUT2D eigenvalue weighted by Gasteiger charge is -2.32. The van der Waals surface area contributed by atoms with Crippen LogP contribution in [-0.4, -0.2) is 12.1 Å². The summed E-state index contributed by atoms with van der Waals surface area (Å²) in [6, 6.07) is 3.68. The Morgan fingerprint density at radius 2 is 1.35 bits per heavy atom. The molecule has 0 radical (unpaired) electrons. The molecule has 2 aliphatic carbocycles. The summed E-state index contributed by atoms with van der Waals surface area (Å²) in [7, 11) is 0. The van der Waals surface area contributed by atoms with E-state index in [0.717, 1.165) is 6.42 Å². The summed E-state index contributed by atoms with van der Waals surface area (Å²) in [4.78, 5) is 0. The van der Waals surface area contributed by atoms with Crippen LogP contribution in [0.25, 0.3) is 0 Å². The SMILES string of the molecule is N#CC1CCCCC1NC1CCCCCCC1. The highest BCUT2D eigenvalue weighted by molar-refractivity contribution is 4.95. The van der Waals surface area contributed by atoms with Gasteiger partial charge in [-0.1, -0.05) is 44.9 Å².